The number of hydrogen-bond acceptors (Lipinski definition) is 5. The molecule has 0 fully saturated rings. The van der Waals surface area contributed by atoms with Gasteiger partial charge in [-0.05, 0) is 37.9 Å². The highest BCUT2D eigenvalue weighted by Gasteiger charge is 2.14. The molecule has 0 aliphatic heterocycles. The van der Waals surface area contributed by atoms with Crippen LogP contribution >= 0.6 is 43.2 Å². The molecule has 2 aromatic heterocycles. The van der Waals surface area contributed by atoms with E-state index in [0.717, 1.165) is 13.1 Å². The maximum absolute atomic E-state index is 5.46. The van der Waals surface area contributed by atoms with E-state index in [2.05, 4.69) is 42.1 Å². The number of nitrogens with zero attached hydrogens (tertiary/aromatic N) is 2. The summed E-state index contributed by atoms with van der Waals surface area (Å²) >= 11 is 8.40. The Labute approximate surface area is 107 Å². The van der Waals surface area contributed by atoms with Crippen molar-refractivity contribution in [2.24, 2.45) is 5.73 Å². The summed E-state index contributed by atoms with van der Waals surface area (Å²) in [6, 6.07) is 1.94. The largest absolute Gasteiger partial charge is 0.421 e. The molecular weight excluding hydrogens is 346 g/mol. The maximum atomic E-state index is 5.46. The van der Waals surface area contributed by atoms with Gasteiger partial charge in [0.25, 0.3) is 0 Å². The van der Waals surface area contributed by atoms with Crippen molar-refractivity contribution in [2.45, 2.75) is 6.42 Å². The lowest BCUT2D eigenvalue weighted by Crippen LogP contribution is -2.02. The zero-order valence-electron chi connectivity index (χ0n) is 7.54. The van der Waals surface area contributed by atoms with Crippen molar-refractivity contribution >= 4 is 43.2 Å². The first-order chi connectivity index (χ1) is 7.20. The first-order valence-electron chi connectivity index (χ1n) is 4.18. The molecule has 0 amide bonds. The Morgan fingerprint density at radius 3 is 2.80 bits per heavy atom. The third-order valence-corrected chi connectivity index (χ3v) is 4.05. The zero-order chi connectivity index (χ0) is 10.8. The van der Waals surface area contributed by atoms with Crippen molar-refractivity contribution in [1.82, 2.24) is 10.2 Å². The minimum Gasteiger partial charge on any atom is -0.421 e. The summed E-state index contributed by atoms with van der Waals surface area (Å²) in [5, 5.41) is 7.87. The van der Waals surface area contributed by atoms with E-state index in [4.69, 9.17) is 10.2 Å². The normalized spacial score (nSPS) is 10.9. The molecule has 0 aliphatic carbocycles. The average molecular weight is 353 g/mol. The van der Waals surface area contributed by atoms with Crippen molar-refractivity contribution in [3.05, 3.63) is 19.5 Å². The molecule has 0 saturated heterocycles. The fourth-order valence-electron chi connectivity index (χ4n) is 1.07. The van der Waals surface area contributed by atoms with Gasteiger partial charge in [0, 0.05) is 13.0 Å². The van der Waals surface area contributed by atoms with Gasteiger partial charge in [-0.15, -0.1) is 21.5 Å². The fraction of sp³-hybridized carbons (Fsp3) is 0.250. The number of hydrogen-bond donors (Lipinski definition) is 1. The van der Waals surface area contributed by atoms with Crippen LogP contribution in [0.2, 0.25) is 0 Å². The summed E-state index contributed by atoms with van der Waals surface area (Å²) in [5.74, 6) is 1.09. The van der Waals surface area contributed by atoms with Gasteiger partial charge in [-0.25, -0.2) is 0 Å². The molecule has 2 heterocycles. The second-order valence-corrected chi connectivity index (χ2v) is 6.53. The molecule has 2 N–H and O–H groups in total. The van der Waals surface area contributed by atoms with E-state index in [1.165, 1.54) is 0 Å². The summed E-state index contributed by atoms with van der Waals surface area (Å²) in [6.07, 6.45) is 0.607. The van der Waals surface area contributed by atoms with E-state index >= 15 is 0 Å². The second kappa shape index (κ2) is 4.73. The molecule has 0 atom stereocenters. The van der Waals surface area contributed by atoms with E-state index in [1.807, 2.05) is 6.07 Å². The fourth-order valence-corrected chi connectivity index (χ4v) is 3.85. The van der Waals surface area contributed by atoms with E-state index in [-0.39, 0.29) is 0 Å². The summed E-state index contributed by atoms with van der Waals surface area (Å²) in [5.41, 5.74) is 6.31. The summed E-state index contributed by atoms with van der Waals surface area (Å²) < 4.78 is 7.44. The first kappa shape index (κ1) is 11.3. The van der Waals surface area contributed by atoms with Crippen LogP contribution in [-0.2, 0) is 6.42 Å². The SMILES string of the molecule is NCCc1nnc(-c2cc(Br)sc2Br)o1. The van der Waals surface area contributed by atoms with Gasteiger partial charge < -0.3 is 10.2 Å². The molecule has 0 unspecified atom stereocenters. The van der Waals surface area contributed by atoms with Gasteiger partial charge in [0.2, 0.25) is 11.8 Å². The Morgan fingerprint density at radius 1 is 1.40 bits per heavy atom. The Kier molecular flexibility index (Phi) is 3.55. The number of halogens is 2. The minimum atomic E-state index is 0.510. The Hall–Kier alpha value is -0.240. The molecular formula is C8H7Br2N3OS. The van der Waals surface area contributed by atoms with Gasteiger partial charge >= 0.3 is 0 Å². The Morgan fingerprint density at radius 2 is 2.20 bits per heavy atom. The van der Waals surface area contributed by atoms with E-state index in [1.54, 1.807) is 11.3 Å². The van der Waals surface area contributed by atoms with Crippen LogP contribution in [0.4, 0.5) is 0 Å². The van der Waals surface area contributed by atoms with Crippen LogP contribution < -0.4 is 5.73 Å². The van der Waals surface area contributed by atoms with E-state index in [0.29, 0.717) is 24.7 Å². The maximum Gasteiger partial charge on any atom is 0.249 e. The minimum absolute atomic E-state index is 0.510. The lowest BCUT2D eigenvalue weighted by atomic mass is 10.3. The highest BCUT2D eigenvalue weighted by atomic mass is 79.9. The van der Waals surface area contributed by atoms with Gasteiger partial charge in [-0.1, -0.05) is 0 Å². The van der Waals surface area contributed by atoms with Crippen LogP contribution in [0.3, 0.4) is 0 Å². The zero-order valence-corrected chi connectivity index (χ0v) is 11.5. The molecule has 0 bridgehead atoms. The van der Waals surface area contributed by atoms with Gasteiger partial charge in [0.1, 0.15) is 0 Å². The smallest absolute Gasteiger partial charge is 0.249 e. The van der Waals surface area contributed by atoms with Crippen LogP contribution in [0.25, 0.3) is 11.5 Å². The predicted octanol–water partition coefficient (Wildman–Crippen LogP) is 2.82. The molecule has 0 radical (unpaired) electrons. The van der Waals surface area contributed by atoms with E-state index < -0.39 is 0 Å². The van der Waals surface area contributed by atoms with Crippen molar-refractivity contribution in [2.75, 3.05) is 6.54 Å². The molecule has 0 aromatic carbocycles. The molecule has 0 spiro atoms. The summed E-state index contributed by atoms with van der Waals surface area (Å²) in [4.78, 5) is 0. The molecule has 2 aromatic rings. The molecule has 0 saturated carbocycles. The molecule has 0 aliphatic rings. The van der Waals surface area contributed by atoms with Crippen molar-refractivity contribution in [3.8, 4) is 11.5 Å². The predicted molar refractivity (Wildman–Crippen MR) is 65.8 cm³/mol. The van der Waals surface area contributed by atoms with Crippen molar-refractivity contribution in [3.63, 3.8) is 0 Å². The third-order valence-electron chi connectivity index (χ3n) is 1.71. The van der Waals surface area contributed by atoms with Gasteiger partial charge in [-0.2, -0.15) is 0 Å². The second-order valence-electron chi connectivity index (χ2n) is 2.78. The number of thiophene rings is 1. The van der Waals surface area contributed by atoms with Crippen LogP contribution in [0.1, 0.15) is 5.89 Å². The molecule has 2 rings (SSSR count). The highest BCUT2D eigenvalue weighted by Crippen LogP contribution is 2.37. The van der Waals surface area contributed by atoms with Crippen LogP contribution in [-0.4, -0.2) is 16.7 Å². The standard InChI is InChI=1S/C8H7Br2N3OS/c9-5-3-4(7(10)15-5)8-13-12-6(14-8)1-2-11/h3H,1-2,11H2. The van der Waals surface area contributed by atoms with Crippen molar-refractivity contribution in [1.29, 1.82) is 0 Å². The summed E-state index contributed by atoms with van der Waals surface area (Å²) in [7, 11) is 0. The lowest BCUT2D eigenvalue weighted by Gasteiger charge is -1.89. The molecule has 4 nitrogen and oxygen atoms in total. The van der Waals surface area contributed by atoms with Crippen LogP contribution in [0.15, 0.2) is 18.1 Å². The number of rotatable bonds is 3. The van der Waals surface area contributed by atoms with Gasteiger partial charge in [0.05, 0.1) is 13.1 Å². The highest BCUT2D eigenvalue weighted by molar-refractivity contribution is 9.12. The van der Waals surface area contributed by atoms with Crippen LogP contribution in [0.5, 0.6) is 0 Å². The topological polar surface area (TPSA) is 64.9 Å². The monoisotopic (exact) mass is 351 g/mol. The lowest BCUT2D eigenvalue weighted by molar-refractivity contribution is 0.507. The van der Waals surface area contributed by atoms with Gasteiger partial charge in [0.15, 0.2) is 0 Å². The molecule has 15 heavy (non-hydrogen) atoms. The van der Waals surface area contributed by atoms with Crippen molar-refractivity contribution < 1.29 is 4.42 Å². The number of aromatic nitrogens is 2. The molecule has 80 valence electrons. The third kappa shape index (κ3) is 2.47. The summed E-state index contributed by atoms with van der Waals surface area (Å²) in [6.45, 7) is 0.510. The quantitative estimate of drug-likeness (QED) is 0.922. The Balaban J connectivity index is 2.32. The van der Waals surface area contributed by atoms with E-state index in [9.17, 15) is 0 Å². The molecule has 7 heteroatoms. The first-order valence-corrected chi connectivity index (χ1v) is 6.58. The average Bonchev–Trinajstić information content (AvgIpc) is 2.73. The Bertz CT molecular complexity index is 468. The van der Waals surface area contributed by atoms with Crippen LogP contribution in [0, 0.1) is 0 Å². The number of nitrogens with two attached hydrogens (primary N) is 1. The van der Waals surface area contributed by atoms with Gasteiger partial charge in [-0.3, -0.25) is 0 Å².